The average molecular weight is 246 g/mol. The topological polar surface area (TPSA) is 63.6 Å². The molecule has 0 fully saturated rings. The van der Waals surface area contributed by atoms with Gasteiger partial charge in [0.1, 0.15) is 6.42 Å². The lowest BCUT2D eigenvalue weighted by molar-refractivity contribution is -0.150. The van der Waals surface area contributed by atoms with Crippen LogP contribution in [0.25, 0.3) is 0 Å². The van der Waals surface area contributed by atoms with Gasteiger partial charge in [0.15, 0.2) is 0 Å². The molecule has 102 valence electrons. The number of unbranched alkanes of at least 4 members (excludes halogenated alkanes) is 2. The van der Waals surface area contributed by atoms with Crippen molar-refractivity contribution in [1.29, 1.82) is 0 Å². The average Bonchev–Trinajstić information content (AvgIpc) is 2.17. The van der Waals surface area contributed by atoms with Gasteiger partial charge in [0.05, 0.1) is 6.61 Å². The van der Waals surface area contributed by atoms with Gasteiger partial charge >= 0.3 is 11.9 Å². The minimum absolute atomic E-state index is 0.228. The Hall–Kier alpha value is -1.06. The third kappa shape index (κ3) is 20.9. The van der Waals surface area contributed by atoms with Gasteiger partial charge in [-0.05, 0) is 12.8 Å². The monoisotopic (exact) mass is 246 g/mol. The van der Waals surface area contributed by atoms with Gasteiger partial charge in [0.25, 0.3) is 0 Å². The van der Waals surface area contributed by atoms with Crippen LogP contribution < -0.4 is 0 Å². The summed E-state index contributed by atoms with van der Waals surface area (Å²) in [7, 11) is 0. The molecule has 0 heterocycles. The first-order chi connectivity index (χ1) is 7.93. The second-order valence-corrected chi connectivity index (χ2v) is 4.27. The molecule has 0 amide bonds. The third-order valence-corrected chi connectivity index (χ3v) is 1.99. The van der Waals surface area contributed by atoms with Gasteiger partial charge in [0.2, 0.25) is 0 Å². The summed E-state index contributed by atoms with van der Waals surface area (Å²) in [6, 6.07) is 0. The molecule has 0 aromatic heterocycles. The van der Waals surface area contributed by atoms with Gasteiger partial charge in [-0.3, -0.25) is 9.59 Å². The summed E-state index contributed by atoms with van der Waals surface area (Å²) in [5, 5.41) is 8.01. The van der Waals surface area contributed by atoms with Gasteiger partial charge in [-0.1, -0.05) is 46.5 Å². The Morgan fingerprint density at radius 1 is 1.18 bits per heavy atom. The summed E-state index contributed by atoms with van der Waals surface area (Å²) in [5.41, 5.74) is 0. The molecule has 0 unspecified atom stereocenters. The second kappa shape index (κ2) is 13.0. The number of carbonyl (C=O) groups is 2. The number of carboxylic acids is 1. The molecule has 0 saturated heterocycles. The number of hydrogen-bond acceptors (Lipinski definition) is 3. The largest absolute Gasteiger partial charge is 0.481 e. The number of ether oxygens (including phenoxy) is 1. The maximum Gasteiger partial charge on any atom is 0.317 e. The Morgan fingerprint density at radius 3 is 2.12 bits per heavy atom. The highest BCUT2D eigenvalue weighted by atomic mass is 16.5. The molecule has 0 aliphatic rings. The van der Waals surface area contributed by atoms with E-state index in [4.69, 9.17) is 5.11 Å². The normalized spacial score (nSPS) is 9.47. The van der Waals surface area contributed by atoms with Gasteiger partial charge in [-0.15, -0.1) is 0 Å². The Bertz CT molecular complexity index is 200. The quantitative estimate of drug-likeness (QED) is 0.425. The van der Waals surface area contributed by atoms with Gasteiger partial charge in [-0.25, -0.2) is 0 Å². The third-order valence-electron chi connectivity index (χ3n) is 1.99. The Labute approximate surface area is 104 Å². The molecule has 0 bridgehead atoms. The SMILES string of the molecule is CCCCCC(C)C.CCOC(=O)CC(=O)O. The van der Waals surface area contributed by atoms with E-state index in [2.05, 4.69) is 25.5 Å². The Morgan fingerprint density at radius 2 is 1.76 bits per heavy atom. The highest BCUT2D eigenvalue weighted by molar-refractivity contribution is 5.90. The smallest absolute Gasteiger partial charge is 0.317 e. The van der Waals surface area contributed by atoms with E-state index in [0.29, 0.717) is 0 Å². The van der Waals surface area contributed by atoms with Crippen molar-refractivity contribution in [2.45, 2.75) is 59.8 Å². The highest BCUT2D eigenvalue weighted by Gasteiger charge is 2.06. The summed E-state index contributed by atoms with van der Waals surface area (Å²) < 4.78 is 4.33. The van der Waals surface area contributed by atoms with Gasteiger partial charge in [-0.2, -0.15) is 0 Å². The summed E-state index contributed by atoms with van der Waals surface area (Å²) in [6.45, 7) is 8.68. The number of rotatable bonds is 7. The van der Waals surface area contributed by atoms with Crippen molar-refractivity contribution in [1.82, 2.24) is 0 Å². The molecule has 0 aliphatic carbocycles. The highest BCUT2D eigenvalue weighted by Crippen LogP contribution is 2.06. The fraction of sp³-hybridized carbons (Fsp3) is 0.846. The molecule has 4 nitrogen and oxygen atoms in total. The summed E-state index contributed by atoms with van der Waals surface area (Å²) >= 11 is 0. The molecular weight excluding hydrogens is 220 g/mol. The maximum absolute atomic E-state index is 10.3. The molecule has 0 aromatic carbocycles. The Kier molecular flexibility index (Phi) is 14.0. The van der Waals surface area contributed by atoms with Crippen LogP contribution in [-0.4, -0.2) is 23.7 Å². The van der Waals surface area contributed by atoms with Crippen LogP contribution in [0.3, 0.4) is 0 Å². The predicted molar refractivity (Wildman–Crippen MR) is 67.9 cm³/mol. The number of carboxylic acid groups (broad SMARTS) is 1. The molecule has 0 spiro atoms. The van der Waals surface area contributed by atoms with Crippen molar-refractivity contribution in [3.63, 3.8) is 0 Å². The van der Waals surface area contributed by atoms with E-state index < -0.39 is 18.4 Å². The van der Waals surface area contributed by atoms with Crippen molar-refractivity contribution < 1.29 is 19.4 Å². The minimum atomic E-state index is -1.16. The molecular formula is C13H26O4. The van der Waals surface area contributed by atoms with Gasteiger partial charge < -0.3 is 9.84 Å². The summed E-state index contributed by atoms with van der Waals surface area (Å²) in [4.78, 5) is 20.0. The van der Waals surface area contributed by atoms with E-state index in [-0.39, 0.29) is 6.61 Å². The first-order valence-corrected chi connectivity index (χ1v) is 6.31. The zero-order valence-corrected chi connectivity index (χ0v) is 11.5. The Balaban J connectivity index is 0. The van der Waals surface area contributed by atoms with Crippen molar-refractivity contribution in [2.75, 3.05) is 6.61 Å². The molecule has 0 aliphatic heterocycles. The zero-order chi connectivity index (χ0) is 13.7. The van der Waals surface area contributed by atoms with Crippen LogP contribution in [0.1, 0.15) is 59.8 Å². The van der Waals surface area contributed by atoms with Crippen LogP contribution in [0.4, 0.5) is 0 Å². The molecule has 1 N–H and O–H groups in total. The molecule has 0 rings (SSSR count). The summed E-state index contributed by atoms with van der Waals surface area (Å²) in [5.74, 6) is -0.944. The van der Waals surface area contributed by atoms with Crippen LogP contribution in [0.15, 0.2) is 0 Å². The fourth-order valence-electron chi connectivity index (χ4n) is 1.14. The molecule has 0 aromatic rings. The molecule has 0 radical (unpaired) electrons. The molecule has 0 saturated carbocycles. The first-order valence-electron chi connectivity index (χ1n) is 6.31. The number of carbonyl (C=O) groups excluding carboxylic acids is 1. The number of hydrogen-bond donors (Lipinski definition) is 1. The lowest BCUT2D eigenvalue weighted by atomic mass is 10.1. The van der Waals surface area contributed by atoms with Crippen LogP contribution in [-0.2, 0) is 14.3 Å². The van der Waals surface area contributed by atoms with Crippen molar-refractivity contribution in [2.24, 2.45) is 5.92 Å². The van der Waals surface area contributed by atoms with Crippen LogP contribution in [0.5, 0.6) is 0 Å². The first kappa shape index (κ1) is 18.3. The van der Waals surface area contributed by atoms with Gasteiger partial charge in [0, 0.05) is 0 Å². The van der Waals surface area contributed by atoms with E-state index in [1.54, 1.807) is 6.92 Å². The lowest BCUT2D eigenvalue weighted by Gasteiger charge is -2.00. The van der Waals surface area contributed by atoms with E-state index in [1.807, 2.05) is 0 Å². The number of esters is 1. The van der Waals surface area contributed by atoms with Crippen LogP contribution in [0, 0.1) is 5.92 Å². The van der Waals surface area contributed by atoms with Crippen molar-refractivity contribution in [3.8, 4) is 0 Å². The zero-order valence-electron chi connectivity index (χ0n) is 11.5. The molecule has 4 heteroatoms. The van der Waals surface area contributed by atoms with Crippen molar-refractivity contribution >= 4 is 11.9 Å². The fourth-order valence-corrected chi connectivity index (χ4v) is 1.14. The molecule has 0 atom stereocenters. The van der Waals surface area contributed by atoms with E-state index >= 15 is 0 Å². The summed E-state index contributed by atoms with van der Waals surface area (Å²) in [6.07, 6.45) is 5.06. The number of aliphatic carboxylic acids is 1. The maximum atomic E-state index is 10.3. The van der Waals surface area contributed by atoms with E-state index in [0.717, 1.165) is 5.92 Å². The van der Waals surface area contributed by atoms with Crippen molar-refractivity contribution in [3.05, 3.63) is 0 Å². The second-order valence-electron chi connectivity index (χ2n) is 4.27. The van der Waals surface area contributed by atoms with Crippen LogP contribution >= 0.6 is 0 Å². The standard InChI is InChI=1S/C8H18.C5H8O4/c1-4-5-6-7-8(2)3;1-2-9-5(8)3-4(6)7/h8H,4-7H2,1-3H3;2-3H2,1H3,(H,6,7). The van der Waals surface area contributed by atoms with Crippen LogP contribution in [0.2, 0.25) is 0 Å². The van der Waals surface area contributed by atoms with E-state index in [1.165, 1.54) is 25.7 Å². The minimum Gasteiger partial charge on any atom is -0.481 e. The predicted octanol–water partition coefficient (Wildman–Crippen LogP) is 3.25. The molecule has 17 heavy (non-hydrogen) atoms. The lowest BCUT2D eigenvalue weighted by Crippen LogP contribution is -2.09. The van der Waals surface area contributed by atoms with E-state index in [9.17, 15) is 9.59 Å².